The number of carbonyl (C=O) groups is 2. The summed E-state index contributed by atoms with van der Waals surface area (Å²) in [5, 5.41) is 4.55. The van der Waals surface area contributed by atoms with E-state index < -0.39 is 5.97 Å². The highest BCUT2D eigenvalue weighted by Crippen LogP contribution is 2.25. The molecule has 0 spiro atoms. The van der Waals surface area contributed by atoms with E-state index >= 15 is 0 Å². The molecule has 1 N–H and O–H groups in total. The van der Waals surface area contributed by atoms with Crippen LogP contribution in [0.5, 0.6) is 0 Å². The van der Waals surface area contributed by atoms with E-state index in [4.69, 9.17) is 4.74 Å². The molecule has 108 valence electrons. The second kappa shape index (κ2) is 6.65. The molecule has 1 aliphatic rings. The van der Waals surface area contributed by atoms with Crippen molar-refractivity contribution < 1.29 is 14.3 Å². The summed E-state index contributed by atoms with van der Waals surface area (Å²) in [6.07, 6.45) is 6.29. The quantitative estimate of drug-likeness (QED) is 0.685. The van der Waals surface area contributed by atoms with Crippen molar-refractivity contribution in [1.82, 2.24) is 4.98 Å². The Balaban J connectivity index is 1.86. The smallest absolute Gasteiger partial charge is 0.357 e. The minimum atomic E-state index is -0.431. The summed E-state index contributed by atoms with van der Waals surface area (Å²) in [5.41, 5.74) is 0.248. The molecule has 0 aromatic carbocycles. The fourth-order valence-electron chi connectivity index (χ4n) is 2.07. The van der Waals surface area contributed by atoms with Crippen molar-refractivity contribution in [2.45, 2.75) is 26.7 Å². The summed E-state index contributed by atoms with van der Waals surface area (Å²) in [7, 11) is 0. The molecule has 5 nitrogen and oxygen atoms in total. The van der Waals surface area contributed by atoms with Gasteiger partial charge in [-0.05, 0) is 24.7 Å². The van der Waals surface area contributed by atoms with Gasteiger partial charge in [0.2, 0.25) is 5.91 Å². The molecule has 6 heteroatoms. The molecule has 1 aromatic rings. The lowest BCUT2D eigenvalue weighted by atomic mass is 9.85. The molecule has 0 aliphatic heterocycles. The number of esters is 1. The van der Waals surface area contributed by atoms with E-state index in [1.54, 1.807) is 5.38 Å². The lowest BCUT2D eigenvalue weighted by Gasteiger charge is -2.24. The number of hydrogen-bond acceptors (Lipinski definition) is 5. The van der Waals surface area contributed by atoms with Crippen LogP contribution >= 0.6 is 11.3 Å². The SMILES string of the molecule is CC(=O)Nc1nc(C(=O)OC[C@H]2CC=CC[C@H]2C)cs1. The van der Waals surface area contributed by atoms with Gasteiger partial charge in [-0.15, -0.1) is 11.3 Å². The maximum absolute atomic E-state index is 11.9. The van der Waals surface area contributed by atoms with Crippen molar-refractivity contribution in [2.75, 3.05) is 11.9 Å². The van der Waals surface area contributed by atoms with Gasteiger partial charge < -0.3 is 10.1 Å². The van der Waals surface area contributed by atoms with Crippen LogP contribution in [0.1, 0.15) is 37.2 Å². The molecule has 2 rings (SSSR count). The zero-order chi connectivity index (χ0) is 14.5. The minimum absolute atomic E-state index is 0.206. The number of ether oxygens (including phenoxy) is 1. The number of amides is 1. The Bertz CT molecular complexity index is 524. The number of anilines is 1. The molecule has 20 heavy (non-hydrogen) atoms. The minimum Gasteiger partial charge on any atom is -0.461 e. The average Bonchev–Trinajstić information content (AvgIpc) is 2.85. The normalized spacial score (nSPS) is 21.5. The summed E-state index contributed by atoms with van der Waals surface area (Å²) in [5.74, 6) is 0.261. The Morgan fingerprint density at radius 2 is 2.20 bits per heavy atom. The molecule has 0 fully saturated rings. The highest BCUT2D eigenvalue weighted by Gasteiger charge is 2.21. The fraction of sp³-hybridized carbons (Fsp3) is 0.500. The third kappa shape index (κ3) is 3.90. The first-order valence-electron chi connectivity index (χ1n) is 6.61. The lowest BCUT2D eigenvalue weighted by molar-refractivity contribution is -0.114. The molecular formula is C14H18N2O3S. The summed E-state index contributed by atoms with van der Waals surface area (Å²) >= 11 is 1.21. The standard InChI is InChI=1S/C14H18N2O3S/c1-9-5-3-4-6-11(9)7-19-13(18)12-8-20-14(16-12)15-10(2)17/h3-4,8-9,11H,5-7H2,1-2H3,(H,15,16,17)/t9-,11-/m1/s1. The largest absolute Gasteiger partial charge is 0.461 e. The van der Waals surface area contributed by atoms with Crippen molar-refractivity contribution in [2.24, 2.45) is 11.8 Å². The van der Waals surface area contributed by atoms with Crippen LogP contribution in [0.4, 0.5) is 5.13 Å². The Kier molecular flexibility index (Phi) is 4.89. The van der Waals surface area contributed by atoms with E-state index in [0.29, 0.717) is 23.6 Å². The number of carbonyl (C=O) groups excluding carboxylic acids is 2. The van der Waals surface area contributed by atoms with Crippen molar-refractivity contribution in [3.8, 4) is 0 Å². The zero-order valence-electron chi connectivity index (χ0n) is 11.6. The lowest BCUT2D eigenvalue weighted by Crippen LogP contribution is -2.21. The first-order valence-corrected chi connectivity index (χ1v) is 7.49. The fourth-order valence-corrected chi connectivity index (χ4v) is 2.80. The van der Waals surface area contributed by atoms with Crippen LogP contribution in [-0.2, 0) is 9.53 Å². The van der Waals surface area contributed by atoms with Gasteiger partial charge in [0.1, 0.15) is 0 Å². The van der Waals surface area contributed by atoms with Gasteiger partial charge >= 0.3 is 5.97 Å². The number of thiazole rings is 1. The van der Waals surface area contributed by atoms with E-state index in [1.807, 2.05) is 0 Å². The van der Waals surface area contributed by atoms with E-state index in [9.17, 15) is 9.59 Å². The van der Waals surface area contributed by atoms with Crippen molar-refractivity contribution in [3.05, 3.63) is 23.2 Å². The number of allylic oxidation sites excluding steroid dienone is 2. The van der Waals surface area contributed by atoms with Crippen molar-refractivity contribution in [1.29, 1.82) is 0 Å². The summed E-state index contributed by atoms with van der Waals surface area (Å²) < 4.78 is 5.31. The number of nitrogens with zero attached hydrogens (tertiary/aromatic N) is 1. The Labute approximate surface area is 122 Å². The highest BCUT2D eigenvalue weighted by atomic mass is 32.1. The molecule has 1 amide bonds. The topological polar surface area (TPSA) is 68.3 Å². The van der Waals surface area contributed by atoms with Crippen LogP contribution in [-0.4, -0.2) is 23.5 Å². The van der Waals surface area contributed by atoms with Gasteiger partial charge in [0.25, 0.3) is 0 Å². The maximum Gasteiger partial charge on any atom is 0.357 e. The Hall–Kier alpha value is -1.69. The molecule has 0 saturated heterocycles. The van der Waals surface area contributed by atoms with Crippen molar-refractivity contribution in [3.63, 3.8) is 0 Å². The molecular weight excluding hydrogens is 276 g/mol. The molecule has 0 radical (unpaired) electrons. The van der Waals surface area contributed by atoms with Crippen LogP contribution in [0.15, 0.2) is 17.5 Å². The average molecular weight is 294 g/mol. The number of aromatic nitrogens is 1. The number of hydrogen-bond donors (Lipinski definition) is 1. The highest BCUT2D eigenvalue weighted by molar-refractivity contribution is 7.14. The Morgan fingerprint density at radius 1 is 1.45 bits per heavy atom. The van der Waals surface area contributed by atoms with Crippen molar-refractivity contribution >= 4 is 28.3 Å². The van der Waals surface area contributed by atoms with Gasteiger partial charge in [-0.3, -0.25) is 4.79 Å². The van der Waals surface area contributed by atoms with Crippen LogP contribution in [0, 0.1) is 11.8 Å². The predicted octanol–water partition coefficient (Wildman–Crippen LogP) is 2.86. The molecule has 0 bridgehead atoms. The summed E-state index contributed by atoms with van der Waals surface area (Å²) in [4.78, 5) is 26.8. The molecule has 0 saturated carbocycles. The molecule has 0 unspecified atom stereocenters. The Morgan fingerprint density at radius 3 is 2.90 bits per heavy atom. The first kappa shape index (κ1) is 14.7. The molecule has 2 atom stereocenters. The zero-order valence-corrected chi connectivity index (χ0v) is 12.4. The van der Waals surface area contributed by atoms with E-state index in [2.05, 4.69) is 29.4 Å². The second-order valence-corrected chi connectivity index (χ2v) is 5.86. The monoisotopic (exact) mass is 294 g/mol. The van der Waals surface area contributed by atoms with Crippen LogP contribution in [0.3, 0.4) is 0 Å². The van der Waals surface area contributed by atoms with Crippen LogP contribution < -0.4 is 5.32 Å². The van der Waals surface area contributed by atoms with Crippen LogP contribution in [0.25, 0.3) is 0 Å². The third-order valence-corrected chi connectivity index (χ3v) is 4.10. The van der Waals surface area contributed by atoms with Gasteiger partial charge in [0.15, 0.2) is 10.8 Å². The van der Waals surface area contributed by atoms with Gasteiger partial charge in [0, 0.05) is 12.3 Å². The van der Waals surface area contributed by atoms with Gasteiger partial charge in [0.05, 0.1) is 6.61 Å². The molecule has 1 heterocycles. The van der Waals surface area contributed by atoms with Gasteiger partial charge in [-0.25, -0.2) is 9.78 Å². The molecule has 1 aliphatic carbocycles. The maximum atomic E-state index is 11.9. The van der Waals surface area contributed by atoms with Gasteiger partial charge in [-0.1, -0.05) is 19.1 Å². The van der Waals surface area contributed by atoms with E-state index in [1.165, 1.54) is 18.3 Å². The predicted molar refractivity (Wildman–Crippen MR) is 77.7 cm³/mol. The molecule has 1 aromatic heterocycles. The summed E-state index contributed by atoms with van der Waals surface area (Å²) in [6, 6.07) is 0. The number of rotatable bonds is 4. The second-order valence-electron chi connectivity index (χ2n) is 5.00. The summed E-state index contributed by atoms with van der Waals surface area (Å²) in [6.45, 7) is 3.98. The van der Waals surface area contributed by atoms with Gasteiger partial charge in [-0.2, -0.15) is 0 Å². The number of nitrogens with one attached hydrogen (secondary N) is 1. The first-order chi connectivity index (χ1) is 9.56. The van der Waals surface area contributed by atoms with Crippen LogP contribution in [0.2, 0.25) is 0 Å². The van der Waals surface area contributed by atoms with E-state index in [-0.39, 0.29) is 11.6 Å². The van der Waals surface area contributed by atoms with E-state index in [0.717, 1.165) is 12.8 Å². The third-order valence-electron chi connectivity index (χ3n) is 3.34.